The third-order valence-corrected chi connectivity index (χ3v) is 2.82. The summed E-state index contributed by atoms with van der Waals surface area (Å²) in [6.07, 6.45) is 0. The molecule has 0 saturated carbocycles. The van der Waals surface area contributed by atoms with Crippen LogP contribution in [0, 0.1) is 17.1 Å². The number of carboxylic acid groups (broad SMARTS) is 1. The summed E-state index contributed by atoms with van der Waals surface area (Å²) in [5.41, 5.74) is 6.45. The zero-order valence-electron chi connectivity index (χ0n) is 10.8. The molecule has 0 spiro atoms. The van der Waals surface area contributed by atoms with E-state index in [0.717, 1.165) is 0 Å². The topological polar surface area (TPSA) is 96.3 Å². The van der Waals surface area contributed by atoms with E-state index < -0.39 is 11.8 Å². The van der Waals surface area contributed by atoms with Gasteiger partial charge in [-0.15, -0.1) is 0 Å². The van der Waals surface area contributed by atoms with Crippen molar-refractivity contribution in [1.82, 2.24) is 0 Å². The van der Waals surface area contributed by atoms with E-state index in [4.69, 9.17) is 20.8 Å². The fourth-order valence-corrected chi connectivity index (χ4v) is 1.70. The first kappa shape index (κ1) is 14.3. The average Bonchev–Trinajstić information content (AvgIpc) is 2.47. The molecule has 2 aromatic rings. The lowest BCUT2D eigenvalue weighted by molar-refractivity contribution is 0.0696. The molecule has 0 heterocycles. The van der Waals surface area contributed by atoms with E-state index in [9.17, 15) is 9.18 Å². The van der Waals surface area contributed by atoms with Gasteiger partial charge in [-0.25, -0.2) is 9.18 Å². The lowest BCUT2D eigenvalue weighted by Gasteiger charge is -2.10. The van der Waals surface area contributed by atoms with Crippen molar-refractivity contribution in [3.63, 3.8) is 0 Å². The van der Waals surface area contributed by atoms with Crippen LogP contribution in [0.25, 0.3) is 0 Å². The highest BCUT2D eigenvalue weighted by Gasteiger charge is 2.10. The van der Waals surface area contributed by atoms with E-state index in [-0.39, 0.29) is 29.2 Å². The molecule has 2 aromatic carbocycles. The van der Waals surface area contributed by atoms with Gasteiger partial charge in [0, 0.05) is 5.56 Å². The van der Waals surface area contributed by atoms with Crippen molar-refractivity contribution in [3.8, 4) is 11.8 Å². The van der Waals surface area contributed by atoms with Gasteiger partial charge < -0.3 is 15.6 Å². The Morgan fingerprint density at radius 1 is 1.33 bits per heavy atom. The minimum Gasteiger partial charge on any atom is -0.487 e. The SMILES string of the molecule is N#Cc1ccc(F)c(COc2cc(C(=O)O)ccc2N)c1. The molecule has 5 nitrogen and oxygen atoms in total. The number of benzene rings is 2. The Balaban J connectivity index is 2.22. The Bertz CT molecular complexity index is 738. The predicted octanol–water partition coefficient (Wildman–Crippen LogP) is 2.56. The molecular weight excluding hydrogens is 275 g/mol. The van der Waals surface area contributed by atoms with Crippen LogP contribution in [-0.2, 0) is 6.61 Å². The highest BCUT2D eigenvalue weighted by Crippen LogP contribution is 2.24. The largest absolute Gasteiger partial charge is 0.487 e. The fraction of sp³-hybridized carbons (Fsp3) is 0.0667. The monoisotopic (exact) mass is 286 g/mol. The molecule has 0 aliphatic heterocycles. The van der Waals surface area contributed by atoms with Gasteiger partial charge in [-0.05, 0) is 36.4 Å². The van der Waals surface area contributed by atoms with E-state index in [1.807, 2.05) is 6.07 Å². The van der Waals surface area contributed by atoms with Crippen molar-refractivity contribution in [2.75, 3.05) is 5.73 Å². The smallest absolute Gasteiger partial charge is 0.335 e. The predicted molar refractivity (Wildman–Crippen MR) is 73.3 cm³/mol. The summed E-state index contributed by atoms with van der Waals surface area (Å²) in [6.45, 7) is -0.158. The molecule has 0 atom stereocenters. The van der Waals surface area contributed by atoms with E-state index in [1.54, 1.807) is 0 Å². The zero-order valence-corrected chi connectivity index (χ0v) is 10.8. The van der Waals surface area contributed by atoms with Crippen molar-refractivity contribution in [1.29, 1.82) is 5.26 Å². The molecule has 6 heteroatoms. The standard InChI is InChI=1S/C15H11FN2O3/c16-12-3-1-9(7-17)5-11(12)8-21-14-6-10(15(19)20)2-4-13(14)18/h1-6H,8,18H2,(H,19,20). The van der Waals surface area contributed by atoms with Crippen LogP contribution < -0.4 is 10.5 Å². The number of carboxylic acids is 1. The number of aromatic carboxylic acids is 1. The van der Waals surface area contributed by atoms with Gasteiger partial charge >= 0.3 is 5.97 Å². The van der Waals surface area contributed by atoms with Crippen LogP contribution in [0.15, 0.2) is 36.4 Å². The number of hydrogen-bond donors (Lipinski definition) is 2. The minimum atomic E-state index is -1.11. The number of rotatable bonds is 4. The highest BCUT2D eigenvalue weighted by atomic mass is 19.1. The Labute approximate surface area is 120 Å². The quantitative estimate of drug-likeness (QED) is 0.842. The Kier molecular flexibility index (Phi) is 4.05. The molecule has 0 bridgehead atoms. The Hall–Kier alpha value is -3.07. The highest BCUT2D eigenvalue weighted by molar-refractivity contribution is 5.89. The maximum Gasteiger partial charge on any atom is 0.335 e. The van der Waals surface area contributed by atoms with E-state index in [0.29, 0.717) is 5.56 Å². The van der Waals surface area contributed by atoms with Crippen molar-refractivity contribution in [3.05, 3.63) is 58.9 Å². The van der Waals surface area contributed by atoms with E-state index in [2.05, 4.69) is 0 Å². The number of nitrogens with two attached hydrogens (primary N) is 1. The number of anilines is 1. The summed E-state index contributed by atoms with van der Waals surface area (Å²) in [7, 11) is 0. The van der Waals surface area contributed by atoms with Crippen molar-refractivity contribution < 1.29 is 19.0 Å². The second-order valence-electron chi connectivity index (χ2n) is 4.26. The number of nitriles is 1. The first-order valence-electron chi connectivity index (χ1n) is 5.95. The molecule has 0 unspecified atom stereocenters. The molecule has 0 fully saturated rings. The van der Waals surface area contributed by atoms with Gasteiger partial charge in [0.05, 0.1) is 22.9 Å². The number of carbonyl (C=O) groups is 1. The second-order valence-corrected chi connectivity index (χ2v) is 4.26. The van der Waals surface area contributed by atoms with Crippen molar-refractivity contribution >= 4 is 11.7 Å². The number of hydrogen-bond acceptors (Lipinski definition) is 4. The normalized spacial score (nSPS) is 9.90. The van der Waals surface area contributed by atoms with Crippen LogP contribution in [0.5, 0.6) is 5.75 Å². The Morgan fingerprint density at radius 3 is 2.76 bits per heavy atom. The number of nitrogen functional groups attached to an aromatic ring is 1. The van der Waals surface area contributed by atoms with E-state index >= 15 is 0 Å². The van der Waals surface area contributed by atoms with Gasteiger partial charge in [0.15, 0.2) is 0 Å². The molecule has 106 valence electrons. The van der Waals surface area contributed by atoms with Crippen LogP contribution in [0.3, 0.4) is 0 Å². The number of nitrogens with zero attached hydrogens (tertiary/aromatic N) is 1. The maximum atomic E-state index is 13.6. The van der Waals surface area contributed by atoms with Gasteiger partial charge in [-0.3, -0.25) is 0 Å². The summed E-state index contributed by atoms with van der Waals surface area (Å²) >= 11 is 0. The Morgan fingerprint density at radius 2 is 2.10 bits per heavy atom. The van der Waals surface area contributed by atoms with Crippen LogP contribution in [0.2, 0.25) is 0 Å². The molecule has 21 heavy (non-hydrogen) atoms. The third-order valence-electron chi connectivity index (χ3n) is 2.82. The molecular formula is C15H11FN2O3. The first-order chi connectivity index (χ1) is 10.0. The van der Waals surface area contributed by atoms with Crippen molar-refractivity contribution in [2.24, 2.45) is 0 Å². The van der Waals surface area contributed by atoms with Gasteiger partial charge in [0.1, 0.15) is 18.2 Å². The van der Waals surface area contributed by atoms with Crippen LogP contribution in [0.1, 0.15) is 21.5 Å². The van der Waals surface area contributed by atoms with Gasteiger partial charge in [-0.1, -0.05) is 0 Å². The summed E-state index contributed by atoms with van der Waals surface area (Å²) in [4.78, 5) is 10.9. The molecule has 0 aromatic heterocycles. The molecule has 3 N–H and O–H groups in total. The second kappa shape index (κ2) is 5.92. The lowest BCUT2D eigenvalue weighted by Crippen LogP contribution is -2.03. The summed E-state index contributed by atoms with van der Waals surface area (Å²) in [5, 5.41) is 17.7. The molecule has 0 aliphatic rings. The van der Waals surface area contributed by atoms with Crippen LogP contribution >= 0.6 is 0 Å². The number of ether oxygens (including phenoxy) is 1. The van der Waals surface area contributed by atoms with Gasteiger partial charge in [0.25, 0.3) is 0 Å². The van der Waals surface area contributed by atoms with Crippen LogP contribution in [-0.4, -0.2) is 11.1 Å². The van der Waals surface area contributed by atoms with Gasteiger partial charge in [0.2, 0.25) is 0 Å². The molecule has 2 rings (SSSR count). The van der Waals surface area contributed by atoms with Crippen molar-refractivity contribution in [2.45, 2.75) is 6.61 Å². The summed E-state index contributed by atoms with van der Waals surface area (Å²) < 4.78 is 19.0. The molecule has 0 aliphatic carbocycles. The van der Waals surface area contributed by atoms with E-state index in [1.165, 1.54) is 36.4 Å². The summed E-state index contributed by atoms with van der Waals surface area (Å²) in [6, 6.07) is 9.83. The lowest BCUT2D eigenvalue weighted by atomic mass is 10.1. The van der Waals surface area contributed by atoms with Gasteiger partial charge in [-0.2, -0.15) is 5.26 Å². The zero-order chi connectivity index (χ0) is 15.4. The van der Waals surface area contributed by atoms with Crippen LogP contribution in [0.4, 0.5) is 10.1 Å². The first-order valence-corrected chi connectivity index (χ1v) is 5.95. The number of halogens is 1. The fourth-order valence-electron chi connectivity index (χ4n) is 1.70. The molecule has 0 saturated heterocycles. The average molecular weight is 286 g/mol. The third kappa shape index (κ3) is 3.28. The maximum absolute atomic E-state index is 13.6. The molecule has 0 amide bonds. The summed E-state index contributed by atoms with van der Waals surface area (Å²) in [5.74, 6) is -1.48. The minimum absolute atomic E-state index is 0.0189. The molecule has 0 radical (unpaired) electrons.